The van der Waals surface area contributed by atoms with E-state index in [1.54, 1.807) is 0 Å². The average Bonchev–Trinajstić information content (AvgIpc) is 4.46. The normalized spacial score (nSPS) is 22.6. The number of benzene rings is 4. The summed E-state index contributed by atoms with van der Waals surface area (Å²) in [4.78, 5) is 69.2. The van der Waals surface area contributed by atoms with Crippen molar-refractivity contribution in [3.8, 4) is 0 Å². The smallest absolute Gasteiger partial charge is 0.430 e. The number of alkyl halides is 6. The van der Waals surface area contributed by atoms with E-state index in [0.29, 0.717) is 46.4 Å². The fourth-order valence-corrected chi connectivity index (χ4v) is 13.5. The molecule has 2 spiro atoms. The number of carboxylic acid groups (broad SMARTS) is 2. The van der Waals surface area contributed by atoms with Crippen LogP contribution in [0.1, 0.15) is 99.3 Å². The summed E-state index contributed by atoms with van der Waals surface area (Å²) in [5, 5.41) is 17.6. The Morgan fingerprint density at radius 1 is 0.440 bits per heavy atom. The molecule has 6 saturated heterocycles. The Hall–Kier alpha value is -6.96. The Morgan fingerprint density at radius 2 is 0.679 bits per heavy atom. The zero-order valence-corrected chi connectivity index (χ0v) is 46.2. The van der Waals surface area contributed by atoms with Gasteiger partial charge in [-0.1, -0.05) is 121 Å². The number of nitrogens with zero attached hydrogens (tertiary/aromatic N) is 2. The highest BCUT2D eigenvalue weighted by Crippen LogP contribution is 2.49. The van der Waals surface area contributed by atoms with E-state index < -0.39 is 73.0 Å². The summed E-state index contributed by atoms with van der Waals surface area (Å²) in [6.45, 7) is 3.72. The number of nitrogens with two attached hydrogens (primary N) is 2. The molecule has 0 aromatic heterocycles. The Balaban J connectivity index is 0.000000197. The zero-order chi connectivity index (χ0) is 60.8. The summed E-state index contributed by atoms with van der Waals surface area (Å²) in [6, 6.07) is 39.4. The zero-order valence-electron chi connectivity index (χ0n) is 46.2. The third kappa shape index (κ3) is 14.7. The molecule has 6 fully saturated rings. The molecule has 456 valence electrons. The van der Waals surface area contributed by atoms with Gasteiger partial charge < -0.3 is 68.7 Å². The number of carbonyl (C=O) groups is 6. The van der Waals surface area contributed by atoms with Crippen molar-refractivity contribution in [2.45, 2.75) is 137 Å². The third-order valence-corrected chi connectivity index (χ3v) is 17.1. The van der Waals surface area contributed by atoms with Crippen molar-refractivity contribution in [2.24, 2.45) is 11.5 Å². The molecule has 0 amide bonds. The van der Waals surface area contributed by atoms with Gasteiger partial charge in [0.1, 0.15) is 24.1 Å². The largest absolute Gasteiger partial charge is 0.542 e. The molecule has 0 saturated carbocycles. The molecule has 4 aromatic rings. The monoisotopic (exact) mass is 1180 g/mol. The fraction of sp³-hybridized carbons (Fsp3) is 0.500. The van der Waals surface area contributed by atoms with Crippen LogP contribution in [0.3, 0.4) is 0 Å². The van der Waals surface area contributed by atoms with Crippen molar-refractivity contribution in [1.82, 2.24) is 0 Å². The fourth-order valence-electron chi connectivity index (χ4n) is 13.5. The Kier molecular flexibility index (Phi) is 21.8. The highest BCUT2D eigenvalue weighted by Gasteiger charge is 2.59. The first-order chi connectivity index (χ1) is 40.0. The Bertz CT molecular complexity index is 2520. The van der Waals surface area contributed by atoms with Gasteiger partial charge in [0.25, 0.3) is 0 Å². The lowest BCUT2D eigenvalue weighted by Crippen LogP contribution is -2.60. The van der Waals surface area contributed by atoms with Crippen LogP contribution in [-0.4, -0.2) is 146 Å². The van der Waals surface area contributed by atoms with E-state index in [1.807, 2.05) is 121 Å². The number of halogens is 6. The molecule has 6 heterocycles. The molecule has 84 heavy (non-hydrogen) atoms. The molecule has 4 atom stereocenters. The summed E-state index contributed by atoms with van der Waals surface area (Å²) in [5.74, 6) is -8.16. The summed E-state index contributed by atoms with van der Waals surface area (Å²) < 4.78 is 101. The molecule has 24 heteroatoms. The van der Waals surface area contributed by atoms with E-state index >= 15 is 0 Å². The van der Waals surface area contributed by atoms with E-state index in [-0.39, 0.29) is 25.3 Å². The van der Waals surface area contributed by atoms with Crippen molar-refractivity contribution in [1.29, 1.82) is 0 Å². The van der Waals surface area contributed by atoms with Gasteiger partial charge in [-0.3, -0.25) is 9.59 Å². The predicted octanol–water partition coefficient (Wildman–Crippen LogP) is 5.10. The van der Waals surface area contributed by atoms with Crippen molar-refractivity contribution in [3.63, 3.8) is 0 Å². The number of hydrogen-bond acceptors (Lipinski definition) is 16. The molecule has 4 N–H and O–H groups in total. The van der Waals surface area contributed by atoms with Gasteiger partial charge in [0, 0.05) is 77.0 Å². The van der Waals surface area contributed by atoms with Crippen LogP contribution in [0.2, 0.25) is 0 Å². The summed E-state index contributed by atoms with van der Waals surface area (Å²) in [7, 11) is 0. The second-order valence-corrected chi connectivity index (χ2v) is 21.6. The van der Waals surface area contributed by atoms with Crippen LogP contribution >= 0.6 is 0 Å². The highest BCUT2D eigenvalue weighted by atomic mass is 19.4. The van der Waals surface area contributed by atoms with E-state index in [0.717, 1.165) is 25.7 Å². The first kappa shape index (κ1) is 64.6. The number of esters is 4. The van der Waals surface area contributed by atoms with Gasteiger partial charge in [0.05, 0.1) is 63.4 Å². The van der Waals surface area contributed by atoms with Crippen LogP contribution in [-0.2, 0) is 68.4 Å². The number of ether oxygens (including phenoxy) is 6. The van der Waals surface area contributed by atoms with Gasteiger partial charge in [-0.2, -0.15) is 26.3 Å². The number of hydrogen-bond donors (Lipinski definition) is 2. The quantitative estimate of drug-likeness (QED) is 0.0486. The van der Waals surface area contributed by atoms with Crippen molar-refractivity contribution < 1.29 is 103 Å². The van der Waals surface area contributed by atoms with Crippen LogP contribution in [0, 0.1) is 0 Å². The number of carbonyl (C=O) groups excluding carboxylic acids is 6. The topological polar surface area (TPSA) is 256 Å². The molecular weight excluding hydrogens is 1110 g/mol. The number of aliphatic carboxylic acids is 2. The van der Waals surface area contributed by atoms with Gasteiger partial charge >= 0.3 is 36.2 Å². The highest BCUT2D eigenvalue weighted by molar-refractivity contribution is 5.87. The number of quaternary nitrogens is 2. The standard InChI is InChI=1S/2C28H35N2O5.2C2HF3O2/c2*29-19-26(31)33-20-34-28(21-9-3-1-4-10-21,22-11-5-2-6-12-22)27(32)35-25-17-23-13-14-24(18-25)30(23)15-7-8-16-30;2*3-2(4,5)1(6)7/h2*1-6,9-12,23-25H,7-8,13-20,29H2;2*(H,6,7)/q2*+1;;/p-2. The van der Waals surface area contributed by atoms with Gasteiger partial charge in [0.15, 0.2) is 13.6 Å². The SMILES string of the molecule is NCC(=O)OCOC(C(=O)OC1CC2CCC(C1)[N+]21CCCC1)(c1ccccc1)c1ccccc1.NCC(=O)OCOC(C(=O)OC1CC2CCC(C1)[N+]21CCCC1)(c1ccccc1)c1ccccc1.O=C([O-])C(F)(F)F.O=C([O-])C(F)(F)F. The van der Waals surface area contributed by atoms with Gasteiger partial charge in [0.2, 0.25) is 11.2 Å². The molecule has 0 aliphatic carbocycles. The van der Waals surface area contributed by atoms with Gasteiger partial charge in [-0.25, -0.2) is 9.59 Å². The average molecular weight is 1190 g/mol. The second kappa shape index (κ2) is 28.3. The van der Waals surface area contributed by atoms with Crippen LogP contribution in [0.15, 0.2) is 121 Å². The summed E-state index contributed by atoms with van der Waals surface area (Å²) in [5.41, 5.74) is 10.2. The predicted molar refractivity (Wildman–Crippen MR) is 282 cm³/mol. The second-order valence-electron chi connectivity index (χ2n) is 21.6. The van der Waals surface area contributed by atoms with Crippen molar-refractivity contribution >= 4 is 35.8 Å². The maximum atomic E-state index is 14.1. The maximum absolute atomic E-state index is 14.1. The van der Waals surface area contributed by atoms with E-state index in [2.05, 4.69) is 0 Å². The first-order valence-corrected chi connectivity index (χ1v) is 28.0. The van der Waals surface area contributed by atoms with Crippen LogP contribution in [0.25, 0.3) is 0 Å². The molecule has 10 rings (SSSR count). The van der Waals surface area contributed by atoms with Crippen molar-refractivity contribution in [2.75, 3.05) is 52.9 Å². The molecule has 0 radical (unpaired) electrons. The minimum absolute atomic E-state index is 0.147. The van der Waals surface area contributed by atoms with Crippen LogP contribution in [0.4, 0.5) is 26.3 Å². The summed E-state index contributed by atoms with van der Waals surface area (Å²) >= 11 is 0. The van der Waals surface area contributed by atoms with E-state index in [4.69, 9.17) is 59.7 Å². The van der Waals surface area contributed by atoms with Gasteiger partial charge in [-0.15, -0.1) is 0 Å². The lowest BCUT2D eigenvalue weighted by molar-refractivity contribution is -0.956. The van der Waals surface area contributed by atoms with Crippen LogP contribution < -0.4 is 21.7 Å². The van der Waals surface area contributed by atoms with E-state index in [1.165, 1.54) is 86.5 Å². The molecule has 4 aromatic carbocycles. The maximum Gasteiger partial charge on any atom is 0.430 e. The number of carboxylic acids is 2. The lowest BCUT2D eigenvalue weighted by Gasteiger charge is -2.47. The number of rotatable bonds is 16. The molecule has 6 aliphatic heterocycles. The molecule has 18 nitrogen and oxygen atoms in total. The molecular formula is C60H70F6N4O14. The Labute approximate surface area is 482 Å². The van der Waals surface area contributed by atoms with Crippen molar-refractivity contribution in [3.05, 3.63) is 144 Å². The number of piperidine rings is 2. The molecule has 4 unspecified atom stereocenters. The molecule has 6 aliphatic rings. The lowest BCUT2D eigenvalue weighted by atomic mass is 9.85. The third-order valence-electron chi connectivity index (χ3n) is 17.1. The minimum atomic E-state index is -5.19. The van der Waals surface area contributed by atoms with E-state index in [9.17, 15) is 45.5 Å². The first-order valence-electron chi connectivity index (χ1n) is 28.0. The molecule has 4 bridgehead atoms. The van der Waals surface area contributed by atoms with Crippen LogP contribution in [0.5, 0.6) is 0 Å². The van der Waals surface area contributed by atoms with Gasteiger partial charge in [-0.05, 0) is 22.3 Å². The minimum Gasteiger partial charge on any atom is -0.542 e. The Morgan fingerprint density at radius 3 is 0.893 bits per heavy atom. The summed E-state index contributed by atoms with van der Waals surface area (Å²) in [6.07, 6.45) is 2.96.